The van der Waals surface area contributed by atoms with Crippen molar-refractivity contribution in [2.24, 2.45) is 5.92 Å². The fourth-order valence-electron chi connectivity index (χ4n) is 2.69. The lowest BCUT2D eigenvalue weighted by Crippen LogP contribution is -2.21. The van der Waals surface area contributed by atoms with Crippen LogP contribution in [0.2, 0.25) is 0 Å². The highest BCUT2D eigenvalue weighted by Crippen LogP contribution is 2.33. The Hall–Kier alpha value is -1.81. The highest BCUT2D eigenvalue weighted by Gasteiger charge is 2.19. The predicted molar refractivity (Wildman–Crippen MR) is 84.3 cm³/mol. The van der Waals surface area contributed by atoms with Crippen LogP contribution >= 0.6 is 11.3 Å². The molecule has 1 aliphatic rings. The molecule has 1 aliphatic carbocycles. The van der Waals surface area contributed by atoms with E-state index in [1.54, 1.807) is 11.3 Å². The SMILES string of the molecule is c1csc(-c2nc3ccccn3c2NCC2CCC2)c1. The molecule has 3 nitrogen and oxygen atoms in total. The lowest BCUT2D eigenvalue weighted by molar-refractivity contribution is 0.333. The lowest BCUT2D eigenvalue weighted by atomic mass is 9.85. The van der Waals surface area contributed by atoms with Gasteiger partial charge >= 0.3 is 0 Å². The van der Waals surface area contributed by atoms with Gasteiger partial charge in [0.25, 0.3) is 0 Å². The van der Waals surface area contributed by atoms with Gasteiger partial charge in [-0.15, -0.1) is 11.3 Å². The normalized spacial score (nSPS) is 15.4. The van der Waals surface area contributed by atoms with Gasteiger partial charge in [0, 0.05) is 12.7 Å². The Morgan fingerprint density at radius 3 is 2.95 bits per heavy atom. The molecule has 1 fully saturated rings. The maximum Gasteiger partial charge on any atom is 0.139 e. The number of pyridine rings is 1. The van der Waals surface area contributed by atoms with Gasteiger partial charge in [-0.25, -0.2) is 4.98 Å². The molecule has 102 valence electrons. The van der Waals surface area contributed by atoms with Crippen LogP contribution in [0.5, 0.6) is 0 Å². The molecule has 0 aromatic carbocycles. The number of rotatable bonds is 4. The van der Waals surface area contributed by atoms with E-state index in [-0.39, 0.29) is 0 Å². The Bertz CT molecular complexity index is 710. The minimum absolute atomic E-state index is 0.834. The second kappa shape index (κ2) is 4.94. The molecular weight excluding hydrogens is 266 g/mol. The summed E-state index contributed by atoms with van der Waals surface area (Å²) in [7, 11) is 0. The Kier molecular flexibility index (Phi) is 2.96. The van der Waals surface area contributed by atoms with E-state index in [4.69, 9.17) is 4.98 Å². The van der Waals surface area contributed by atoms with Crippen molar-refractivity contribution in [2.75, 3.05) is 11.9 Å². The maximum atomic E-state index is 4.79. The second-order valence-electron chi connectivity index (χ2n) is 5.39. The lowest BCUT2D eigenvalue weighted by Gasteiger charge is -2.25. The molecule has 0 radical (unpaired) electrons. The van der Waals surface area contributed by atoms with Crippen LogP contribution in [0.25, 0.3) is 16.2 Å². The van der Waals surface area contributed by atoms with Crippen LogP contribution in [-0.2, 0) is 0 Å². The third-order valence-electron chi connectivity index (χ3n) is 4.07. The second-order valence-corrected chi connectivity index (χ2v) is 6.34. The van der Waals surface area contributed by atoms with Gasteiger partial charge in [-0.05, 0) is 42.3 Å². The molecule has 0 bridgehead atoms. The van der Waals surface area contributed by atoms with E-state index in [9.17, 15) is 0 Å². The summed E-state index contributed by atoms with van der Waals surface area (Å²) in [6.07, 6.45) is 6.19. The van der Waals surface area contributed by atoms with E-state index >= 15 is 0 Å². The van der Waals surface area contributed by atoms with Crippen molar-refractivity contribution in [3.8, 4) is 10.6 Å². The third-order valence-corrected chi connectivity index (χ3v) is 4.94. The smallest absolute Gasteiger partial charge is 0.139 e. The average molecular weight is 283 g/mol. The Morgan fingerprint density at radius 1 is 1.25 bits per heavy atom. The summed E-state index contributed by atoms with van der Waals surface area (Å²) in [5, 5.41) is 5.74. The van der Waals surface area contributed by atoms with Crippen LogP contribution in [0.3, 0.4) is 0 Å². The maximum absolute atomic E-state index is 4.79. The summed E-state index contributed by atoms with van der Waals surface area (Å²) in [6, 6.07) is 10.4. The number of fused-ring (bicyclic) bond motifs is 1. The fourth-order valence-corrected chi connectivity index (χ4v) is 3.40. The Balaban J connectivity index is 1.76. The van der Waals surface area contributed by atoms with Crippen molar-refractivity contribution >= 4 is 22.8 Å². The summed E-state index contributed by atoms with van der Waals surface area (Å²) >= 11 is 1.74. The highest BCUT2D eigenvalue weighted by molar-refractivity contribution is 7.13. The number of thiophene rings is 1. The molecule has 1 N–H and O–H groups in total. The van der Waals surface area contributed by atoms with Crippen molar-refractivity contribution in [3.63, 3.8) is 0 Å². The molecule has 1 saturated carbocycles. The van der Waals surface area contributed by atoms with E-state index in [2.05, 4.69) is 45.6 Å². The van der Waals surface area contributed by atoms with Gasteiger partial charge in [-0.3, -0.25) is 4.40 Å². The predicted octanol–water partition coefficient (Wildman–Crippen LogP) is 4.27. The number of nitrogens with zero attached hydrogens (tertiary/aromatic N) is 2. The van der Waals surface area contributed by atoms with Crippen molar-refractivity contribution < 1.29 is 0 Å². The first-order valence-corrected chi connectivity index (χ1v) is 8.04. The largest absolute Gasteiger partial charge is 0.369 e. The van der Waals surface area contributed by atoms with Crippen LogP contribution in [0.4, 0.5) is 5.82 Å². The summed E-state index contributed by atoms with van der Waals surface area (Å²) in [5.74, 6) is 1.97. The Labute approximate surface area is 122 Å². The zero-order valence-electron chi connectivity index (χ0n) is 11.2. The molecule has 20 heavy (non-hydrogen) atoms. The van der Waals surface area contributed by atoms with Crippen molar-refractivity contribution in [2.45, 2.75) is 19.3 Å². The van der Waals surface area contributed by atoms with Gasteiger partial charge in [0.1, 0.15) is 17.2 Å². The van der Waals surface area contributed by atoms with Gasteiger partial charge in [-0.2, -0.15) is 0 Å². The van der Waals surface area contributed by atoms with Crippen molar-refractivity contribution in [1.82, 2.24) is 9.38 Å². The first-order valence-electron chi connectivity index (χ1n) is 7.16. The molecule has 0 aliphatic heterocycles. The number of hydrogen-bond acceptors (Lipinski definition) is 3. The number of nitrogens with one attached hydrogen (secondary N) is 1. The van der Waals surface area contributed by atoms with Gasteiger partial charge in [0.2, 0.25) is 0 Å². The molecule has 0 atom stereocenters. The van der Waals surface area contributed by atoms with E-state index in [0.717, 1.165) is 29.6 Å². The van der Waals surface area contributed by atoms with E-state index in [1.807, 2.05) is 6.07 Å². The molecule has 0 spiro atoms. The molecule has 4 rings (SSSR count). The molecule has 3 aromatic heterocycles. The monoisotopic (exact) mass is 283 g/mol. The van der Waals surface area contributed by atoms with Gasteiger partial charge in [0.05, 0.1) is 4.88 Å². The van der Waals surface area contributed by atoms with Gasteiger partial charge < -0.3 is 5.32 Å². The van der Waals surface area contributed by atoms with Crippen molar-refractivity contribution in [1.29, 1.82) is 0 Å². The van der Waals surface area contributed by atoms with Crippen molar-refractivity contribution in [3.05, 3.63) is 41.9 Å². The average Bonchev–Trinajstić information content (AvgIpc) is 3.04. The quantitative estimate of drug-likeness (QED) is 0.774. The fraction of sp³-hybridized carbons (Fsp3) is 0.312. The number of imidazole rings is 1. The topological polar surface area (TPSA) is 29.3 Å². The van der Waals surface area contributed by atoms with Gasteiger partial charge in [-0.1, -0.05) is 18.6 Å². The summed E-state index contributed by atoms with van der Waals surface area (Å²) in [4.78, 5) is 6.01. The molecule has 0 unspecified atom stereocenters. The standard InChI is InChI=1S/C16H17N3S/c1-2-9-19-14(8-1)18-15(13-7-4-10-20-13)16(19)17-11-12-5-3-6-12/h1-2,4,7-10,12,17H,3,5-6,11H2. The van der Waals surface area contributed by atoms with Gasteiger partial charge in [0.15, 0.2) is 0 Å². The first-order chi connectivity index (χ1) is 9.92. The van der Waals surface area contributed by atoms with Crippen LogP contribution in [-0.4, -0.2) is 15.9 Å². The number of anilines is 1. The number of aromatic nitrogens is 2. The Morgan fingerprint density at radius 2 is 2.20 bits per heavy atom. The molecule has 4 heteroatoms. The molecule has 0 saturated heterocycles. The van der Waals surface area contributed by atoms with Crippen LogP contribution in [0, 0.1) is 5.92 Å². The zero-order valence-corrected chi connectivity index (χ0v) is 12.1. The molecular formula is C16H17N3S. The zero-order chi connectivity index (χ0) is 13.4. The minimum atomic E-state index is 0.834. The third kappa shape index (κ3) is 2.00. The van der Waals surface area contributed by atoms with Crippen LogP contribution in [0.15, 0.2) is 41.9 Å². The molecule has 3 heterocycles. The summed E-state index contributed by atoms with van der Waals surface area (Å²) in [6.45, 7) is 1.06. The first kappa shape index (κ1) is 12.0. The minimum Gasteiger partial charge on any atom is -0.369 e. The summed E-state index contributed by atoms with van der Waals surface area (Å²) < 4.78 is 2.16. The van der Waals surface area contributed by atoms with Crippen LogP contribution < -0.4 is 5.32 Å². The van der Waals surface area contributed by atoms with E-state index in [0.29, 0.717) is 0 Å². The van der Waals surface area contributed by atoms with Crippen LogP contribution in [0.1, 0.15) is 19.3 Å². The molecule has 3 aromatic rings. The van der Waals surface area contributed by atoms with E-state index < -0.39 is 0 Å². The molecule has 0 amide bonds. The van der Waals surface area contributed by atoms with E-state index in [1.165, 1.54) is 24.1 Å². The number of hydrogen-bond donors (Lipinski definition) is 1. The highest BCUT2D eigenvalue weighted by atomic mass is 32.1. The summed E-state index contributed by atoms with van der Waals surface area (Å²) in [5.41, 5.74) is 2.08.